The molecule has 1 aromatic rings. The highest BCUT2D eigenvalue weighted by molar-refractivity contribution is 7.13. The summed E-state index contributed by atoms with van der Waals surface area (Å²) < 4.78 is 0. The van der Waals surface area contributed by atoms with E-state index in [4.69, 9.17) is 0 Å². The summed E-state index contributed by atoms with van der Waals surface area (Å²) in [5.74, 6) is 0.444. The van der Waals surface area contributed by atoms with Crippen molar-refractivity contribution in [2.24, 2.45) is 0 Å². The van der Waals surface area contributed by atoms with E-state index in [1.165, 1.54) is 11.3 Å². The van der Waals surface area contributed by atoms with Crippen molar-refractivity contribution in [3.63, 3.8) is 0 Å². The van der Waals surface area contributed by atoms with Gasteiger partial charge < -0.3 is 10.6 Å². The minimum absolute atomic E-state index is 0. The van der Waals surface area contributed by atoms with Crippen molar-refractivity contribution in [1.29, 1.82) is 0 Å². The molecule has 2 N–H and O–H groups in total. The van der Waals surface area contributed by atoms with Gasteiger partial charge in [0.1, 0.15) is 0 Å². The van der Waals surface area contributed by atoms with Crippen LogP contribution in [0.15, 0.2) is 5.38 Å². The predicted molar refractivity (Wildman–Crippen MR) is 68.5 cm³/mol. The molecule has 0 bridgehead atoms. The van der Waals surface area contributed by atoms with Gasteiger partial charge in [0.2, 0.25) is 5.91 Å². The smallest absolute Gasteiger partial charge is 0.243 e. The van der Waals surface area contributed by atoms with Crippen LogP contribution in [0, 0.1) is 0 Å². The predicted octanol–water partition coefficient (Wildman–Crippen LogP) is 1.99. The number of hydrogen-bond donors (Lipinski definition) is 2. The summed E-state index contributed by atoms with van der Waals surface area (Å²) in [6.45, 7) is 5.12. The average molecular weight is 262 g/mol. The van der Waals surface area contributed by atoms with Crippen LogP contribution in [0.25, 0.3) is 0 Å². The standard InChI is InChI=1S/C10H15N3OS.ClH/c1-6(2)8-5-15-10(12-8)13-9(14)7-3-4-11-7;/h5-7,11H,3-4H2,1-2H3,(H,12,13,14);1H/t7-;/m1./s1. The molecular weight excluding hydrogens is 246 g/mol. The Morgan fingerprint density at radius 1 is 1.69 bits per heavy atom. The molecule has 1 fully saturated rings. The zero-order chi connectivity index (χ0) is 10.8. The molecule has 1 aliphatic heterocycles. The molecule has 0 saturated carbocycles. The number of rotatable bonds is 3. The van der Waals surface area contributed by atoms with Crippen LogP contribution in [-0.4, -0.2) is 23.5 Å². The normalized spacial score (nSPS) is 18.8. The van der Waals surface area contributed by atoms with Crippen LogP contribution in [0.2, 0.25) is 0 Å². The second-order valence-electron chi connectivity index (χ2n) is 4.02. The number of nitrogens with one attached hydrogen (secondary N) is 2. The van der Waals surface area contributed by atoms with E-state index < -0.39 is 0 Å². The van der Waals surface area contributed by atoms with Gasteiger partial charge in [-0.3, -0.25) is 4.79 Å². The molecule has 1 aromatic heterocycles. The van der Waals surface area contributed by atoms with E-state index in [1.54, 1.807) is 0 Å². The van der Waals surface area contributed by atoms with Crippen LogP contribution in [-0.2, 0) is 4.79 Å². The molecule has 4 nitrogen and oxygen atoms in total. The van der Waals surface area contributed by atoms with Crippen LogP contribution in [0.5, 0.6) is 0 Å². The maximum atomic E-state index is 11.6. The van der Waals surface area contributed by atoms with Crippen LogP contribution in [0.3, 0.4) is 0 Å². The Labute approximate surface area is 105 Å². The summed E-state index contributed by atoms with van der Waals surface area (Å²) in [5, 5.41) is 8.59. The molecule has 16 heavy (non-hydrogen) atoms. The molecule has 1 atom stereocenters. The third-order valence-corrected chi connectivity index (χ3v) is 3.26. The fourth-order valence-electron chi connectivity index (χ4n) is 1.31. The largest absolute Gasteiger partial charge is 0.306 e. The second kappa shape index (κ2) is 5.61. The maximum absolute atomic E-state index is 11.6. The summed E-state index contributed by atoms with van der Waals surface area (Å²) in [6.07, 6.45) is 0.925. The van der Waals surface area contributed by atoms with E-state index >= 15 is 0 Å². The van der Waals surface area contributed by atoms with Crippen molar-refractivity contribution >= 4 is 34.8 Å². The molecule has 0 aromatic carbocycles. The van der Waals surface area contributed by atoms with Crippen molar-refractivity contribution in [3.8, 4) is 0 Å². The Balaban J connectivity index is 0.00000128. The van der Waals surface area contributed by atoms with E-state index in [9.17, 15) is 4.79 Å². The van der Waals surface area contributed by atoms with Gasteiger partial charge >= 0.3 is 0 Å². The van der Waals surface area contributed by atoms with E-state index in [2.05, 4.69) is 29.5 Å². The number of halogens is 1. The lowest BCUT2D eigenvalue weighted by Gasteiger charge is -2.25. The minimum Gasteiger partial charge on any atom is -0.306 e. The summed E-state index contributed by atoms with van der Waals surface area (Å²) >= 11 is 1.49. The van der Waals surface area contributed by atoms with Gasteiger partial charge in [0.05, 0.1) is 11.7 Å². The number of carbonyl (C=O) groups excluding carboxylic acids is 1. The van der Waals surface area contributed by atoms with Gasteiger partial charge in [0.15, 0.2) is 5.13 Å². The third kappa shape index (κ3) is 2.93. The number of carbonyl (C=O) groups is 1. The van der Waals surface area contributed by atoms with Gasteiger partial charge in [0.25, 0.3) is 0 Å². The second-order valence-corrected chi connectivity index (χ2v) is 4.87. The summed E-state index contributed by atoms with van der Waals surface area (Å²) in [6, 6.07) is -0.0172. The topological polar surface area (TPSA) is 54.0 Å². The Bertz CT molecular complexity index is 363. The van der Waals surface area contributed by atoms with Gasteiger partial charge in [-0.1, -0.05) is 13.8 Å². The number of nitrogens with zero attached hydrogens (tertiary/aromatic N) is 1. The zero-order valence-electron chi connectivity index (χ0n) is 9.32. The molecular formula is C10H16ClN3OS. The lowest BCUT2D eigenvalue weighted by Crippen LogP contribution is -2.50. The first-order chi connectivity index (χ1) is 7.16. The van der Waals surface area contributed by atoms with E-state index in [1.807, 2.05) is 5.38 Å². The van der Waals surface area contributed by atoms with Crippen LogP contribution in [0.4, 0.5) is 5.13 Å². The van der Waals surface area contributed by atoms with E-state index in [0.717, 1.165) is 18.7 Å². The van der Waals surface area contributed by atoms with Gasteiger partial charge in [-0.05, 0) is 18.9 Å². The van der Waals surface area contributed by atoms with Crippen molar-refractivity contribution in [2.75, 3.05) is 11.9 Å². The highest BCUT2D eigenvalue weighted by Crippen LogP contribution is 2.21. The Hall–Kier alpha value is -0.650. The molecule has 90 valence electrons. The molecule has 0 radical (unpaired) electrons. The van der Waals surface area contributed by atoms with Gasteiger partial charge in [-0.2, -0.15) is 0 Å². The average Bonchev–Trinajstić information content (AvgIpc) is 2.48. The number of anilines is 1. The molecule has 2 rings (SSSR count). The molecule has 1 amide bonds. The molecule has 0 unspecified atom stereocenters. The third-order valence-electron chi connectivity index (χ3n) is 2.48. The number of hydrogen-bond acceptors (Lipinski definition) is 4. The molecule has 1 saturated heterocycles. The summed E-state index contributed by atoms with van der Waals surface area (Å²) in [7, 11) is 0. The lowest BCUT2D eigenvalue weighted by molar-refractivity contribution is -0.119. The first-order valence-corrected chi connectivity index (χ1v) is 6.04. The molecule has 6 heteroatoms. The molecule has 0 spiro atoms. The van der Waals surface area contributed by atoms with Crippen molar-refractivity contribution in [1.82, 2.24) is 10.3 Å². The number of thiazole rings is 1. The highest BCUT2D eigenvalue weighted by Gasteiger charge is 2.24. The zero-order valence-corrected chi connectivity index (χ0v) is 11.0. The highest BCUT2D eigenvalue weighted by atomic mass is 35.5. The monoisotopic (exact) mass is 261 g/mol. The molecule has 0 aliphatic carbocycles. The first kappa shape index (κ1) is 13.4. The fraction of sp³-hybridized carbons (Fsp3) is 0.600. The van der Waals surface area contributed by atoms with E-state index in [0.29, 0.717) is 11.0 Å². The summed E-state index contributed by atoms with van der Waals surface area (Å²) in [5.41, 5.74) is 1.04. The fourth-order valence-corrected chi connectivity index (χ4v) is 2.19. The van der Waals surface area contributed by atoms with Gasteiger partial charge in [-0.25, -0.2) is 4.98 Å². The summed E-state index contributed by atoms with van der Waals surface area (Å²) in [4.78, 5) is 15.9. The minimum atomic E-state index is -0.0172. The maximum Gasteiger partial charge on any atom is 0.243 e. The van der Waals surface area contributed by atoms with Gasteiger partial charge in [-0.15, -0.1) is 23.7 Å². The quantitative estimate of drug-likeness (QED) is 0.875. The van der Waals surface area contributed by atoms with Crippen molar-refractivity contribution in [2.45, 2.75) is 32.2 Å². The Kier molecular flexibility index (Phi) is 4.70. The van der Waals surface area contributed by atoms with E-state index in [-0.39, 0.29) is 24.4 Å². The Morgan fingerprint density at radius 2 is 2.38 bits per heavy atom. The van der Waals surface area contributed by atoms with Crippen LogP contribution < -0.4 is 10.6 Å². The lowest BCUT2D eigenvalue weighted by atomic mass is 10.1. The van der Waals surface area contributed by atoms with Gasteiger partial charge in [0, 0.05) is 5.38 Å². The number of amides is 1. The van der Waals surface area contributed by atoms with Crippen LogP contribution in [0.1, 0.15) is 31.9 Å². The SMILES string of the molecule is CC(C)c1csc(NC(=O)[C@H]2CCN2)n1.Cl. The first-order valence-electron chi connectivity index (χ1n) is 5.16. The molecule has 2 heterocycles. The van der Waals surface area contributed by atoms with Crippen molar-refractivity contribution in [3.05, 3.63) is 11.1 Å². The Morgan fingerprint density at radius 3 is 2.81 bits per heavy atom. The van der Waals surface area contributed by atoms with Crippen LogP contribution >= 0.6 is 23.7 Å². The molecule has 1 aliphatic rings. The van der Waals surface area contributed by atoms with Crippen molar-refractivity contribution < 1.29 is 4.79 Å². The number of aromatic nitrogens is 1.